The molecule has 0 amide bonds. The number of benzene rings is 2. The Hall–Kier alpha value is -2.31. The molecule has 1 atom stereocenters. The van der Waals surface area contributed by atoms with Crippen molar-refractivity contribution in [1.29, 1.82) is 0 Å². The van der Waals surface area contributed by atoms with Gasteiger partial charge in [-0.05, 0) is 54.2 Å². The standard InChI is InChI=1S/C24H33NO4S/c1-6-7-8-24(19(2)3)30(26,27)25(17-20-9-13-22(28-4)14-10-20)18-21-11-15-23(29-5)16-12-21/h6,9-16,19,24H,1,7-8,17-18H2,2-5H3. The van der Waals surface area contributed by atoms with Crippen molar-refractivity contribution in [3.63, 3.8) is 0 Å². The van der Waals surface area contributed by atoms with Gasteiger partial charge in [0.25, 0.3) is 0 Å². The molecule has 0 radical (unpaired) electrons. The van der Waals surface area contributed by atoms with Gasteiger partial charge >= 0.3 is 0 Å². The smallest absolute Gasteiger partial charge is 0.217 e. The first-order valence-electron chi connectivity index (χ1n) is 10.2. The lowest BCUT2D eigenvalue weighted by atomic mass is 10.1. The summed E-state index contributed by atoms with van der Waals surface area (Å²) in [6.07, 6.45) is 3.01. The minimum absolute atomic E-state index is 0.00387. The van der Waals surface area contributed by atoms with Crippen molar-refractivity contribution in [2.45, 2.75) is 45.0 Å². The number of rotatable bonds is 12. The summed E-state index contributed by atoms with van der Waals surface area (Å²) in [5.41, 5.74) is 1.83. The lowest BCUT2D eigenvalue weighted by molar-refractivity contribution is 0.378. The van der Waals surface area contributed by atoms with Gasteiger partial charge in [0.1, 0.15) is 11.5 Å². The molecule has 2 aromatic carbocycles. The Kier molecular flexibility index (Phi) is 8.93. The minimum Gasteiger partial charge on any atom is -0.497 e. The predicted octanol–water partition coefficient (Wildman–Crippen LogP) is 5.03. The highest BCUT2D eigenvalue weighted by molar-refractivity contribution is 7.89. The van der Waals surface area contributed by atoms with E-state index in [4.69, 9.17) is 9.47 Å². The van der Waals surface area contributed by atoms with E-state index in [1.54, 1.807) is 24.6 Å². The molecule has 5 nitrogen and oxygen atoms in total. The van der Waals surface area contributed by atoms with Crippen LogP contribution in [0.5, 0.6) is 11.5 Å². The van der Waals surface area contributed by atoms with E-state index in [2.05, 4.69) is 6.58 Å². The van der Waals surface area contributed by atoms with E-state index in [-0.39, 0.29) is 5.92 Å². The molecule has 2 rings (SSSR count). The summed E-state index contributed by atoms with van der Waals surface area (Å²) in [5.74, 6) is 1.49. The second kappa shape index (κ2) is 11.2. The molecule has 0 aliphatic rings. The van der Waals surface area contributed by atoms with Crippen LogP contribution in [0, 0.1) is 5.92 Å². The zero-order valence-corrected chi connectivity index (χ0v) is 19.2. The largest absolute Gasteiger partial charge is 0.497 e. The molecule has 0 aliphatic carbocycles. The topological polar surface area (TPSA) is 55.8 Å². The summed E-state index contributed by atoms with van der Waals surface area (Å²) < 4.78 is 39.4. The fourth-order valence-electron chi connectivity index (χ4n) is 3.40. The number of hydrogen-bond donors (Lipinski definition) is 0. The van der Waals surface area contributed by atoms with Gasteiger partial charge in [-0.15, -0.1) is 6.58 Å². The molecule has 2 aromatic rings. The van der Waals surface area contributed by atoms with Crippen LogP contribution in [0.2, 0.25) is 0 Å². The van der Waals surface area contributed by atoms with Crippen LogP contribution < -0.4 is 9.47 Å². The number of methoxy groups -OCH3 is 2. The number of ether oxygens (including phenoxy) is 2. The van der Waals surface area contributed by atoms with Gasteiger partial charge in [-0.3, -0.25) is 0 Å². The van der Waals surface area contributed by atoms with E-state index in [9.17, 15) is 8.42 Å². The molecule has 0 fully saturated rings. The Morgan fingerprint density at radius 1 is 0.900 bits per heavy atom. The first kappa shape index (κ1) is 24.0. The molecule has 164 valence electrons. The van der Waals surface area contributed by atoms with E-state index < -0.39 is 15.3 Å². The average molecular weight is 432 g/mol. The van der Waals surface area contributed by atoms with Gasteiger partial charge in [0, 0.05) is 13.1 Å². The zero-order valence-electron chi connectivity index (χ0n) is 18.4. The van der Waals surface area contributed by atoms with Crippen molar-refractivity contribution >= 4 is 10.0 Å². The van der Waals surface area contributed by atoms with Gasteiger partial charge in [-0.1, -0.05) is 44.2 Å². The van der Waals surface area contributed by atoms with E-state index in [1.807, 2.05) is 62.4 Å². The Morgan fingerprint density at radius 2 is 1.33 bits per heavy atom. The normalized spacial score (nSPS) is 12.7. The highest BCUT2D eigenvalue weighted by atomic mass is 32.2. The Bertz CT molecular complexity index is 840. The molecule has 0 N–H and O–H groups in total. The second-order valence-electron chi connectivity index (χ2n) is 7.66. The molecule has 0 heterocycles. The van der Waals surface area contributed by atoms with Crippen LogP contribution in [0.15, 0.2) is 61.2 Å². The van der Waals surface area contributed by atoms with Crippen LogP contribution in [0.4, 0.5) is 0 Å². The van der Waals surface area contributed by atoms with E-state index in [0.29, 0.717) is 25.9 Å². The fraction of sp³-hybridized carbons (Fsp3) is 0.417. The van der Waals surface area contributed by atoms with Crippen LogP contribution in [0.25, 0.3) is 0 Å². The van der Waals surface area contributed by atoms with E-state index >= 15 is 0 Å². The van der Waals surface area contributed by atoms with Gasteiger partial charge in [0.05, 0.1) is 19.5 Å². The molecule has 1 unspecified atom stereocenters. The summed E-state index contributed by atoms with van der Waals surface area (Å²) >= 11 is 0. The molecule has 0 aromatic heterocycles. The zero-order chi connectivity index (χ0) is 22.1. The van der Waals surface area contributed by atoms with Gasteiger partial charge in [0.15, 0.2) is 0 Å². The second-order valence-corrected chi connectivity index (χ2v) is 9.81. The van der Waals surface area contributed by atoms with Crippen molar-refractivity contribution in [1.82, 2.24) is 4.31 Å². The Morgan fingerprint density at radius 3 is 1.67 bits per heavy atom. The molecule has 6 heteroatoms. The summed E-state index contributed by atoms with van der Waals surface area (Å²) in [6.45, 7) is 8.28. The lowest BCUT2D eigenvalue weighted by Crippen LogP contribution is -2.40. The monoisotopic (exact) mass is 431 g/mol. The van der Waals surface area contributed by atoms with Crippen LogP contribution in [0.3, 0.4) is 0 Å². The number of allylic oxidation sites excluding steroid dienone is 1. The first-order valence-corrected chi connectivity index (χ1v) is 11.7. The van der Waals surface area contributed by atoms with Gasteiger partial charge in [-0.25, -0.2) is 8.42 Å². The minimum atomic E-state index is -3.54. The van der Waals surface area contributed by atoms with Crippen molar-refractivity contribution < 1.29 is 17.9 Å². The SMILES string of the molecule is C=CCCC(C(C)C)S(=O)(=O)N(Cc1ccc(OC)cc1)Cc1ccc(OC)cc1. The third-order valence-electron chi connectivity index (χ3n) is 5.18. The molecular weight excluding hydrogens is 398 g/mol. The van der Waals surface area contributed by atoms with Gasteiger partial charge < -0.3 is 9.47 Å². The number of nitrogens with zero attached hydrogens (tertiary/aromatic N) is 1. The average Bonchev–Trinajstić information content (AvgIpc) is 2.74. The maximum Gasteiger partial charge on any atom is 0.217 e. The Labute approximate surface area is 181 Å². The lowest BCUT2D eigenvalue weighted by Gasteiger charge is -2.30. The first-order chi connectivity index (χ1) is 14.3. The summed E-state index contributed by atoms with van der Waals surface area (Å²) in [6, 6.07) is 15.0. The number of hydrogen-bond acceptors (Lipinski definition) is 4. The molecule has 0 aliphatic heterocycles. The van der Waals surface area contributed by atoms with E-state index in [0.717, 1.165) is 22.6 Å². The van der Waals surface area contributed by atoms with Gasteiger partial charge in [-0.2, -0.15) is 4.31 Å². The molecule has 0 spiro atoms. The maximum atomic E-state index is 13.7. The maximum absolute atomic E-state index is 13.7. The van der Waals surface area contributed by atoms with Crippen molar-refractivity contribution in [3.05, 3.63) is 72.3 Å². The quantitative estimate of drug-likeness (QED) is 0.443. The molecule has 0 saturated carbocycles. The van der Waals surface area contributed by atoms with Crippen LogP contribution in [0.1, 0.15) is 37.8 Å². The third kappa shape index (κ3) is 6.34. The van der Waals surface area contributed by atoms with Crippen molar-refractivity contribution in [2.75, 3.05) is 14.2 Å². The fourth-order valence-corrected chi connectivity index (χ4v) is 5.57. The van der Waals surface area contributed by atoms with Crippen LogP contribution >= 0.6 is 0 Å². The predicted molar refractivity (Wildman–Crippen MR) is 122 cm³/mol. The molecule has 0 saturated heterocycles. The van der Waals surface area contributed by atoms with Crippen LogP contribution in [-0.4, -0.2) is 32.2 Å². The van der Waals surface area contributed by atoms with Gasteiger partial charge in [0.2, 0.25) is 10.0 Å². The van der Waals surface area contributed by atoms with Crippen molar-refractivity contribution in [3.8, 4) is 11.5 Å². The summed E-state index contributed by atoms with van der Waals surface area (Å²) in [7, 11) is -0.313. The molecule has 0 bridgehead atoms. The molecule has 30 heavy (non-hydrogen) atoms. The Balaban J connectivity index is 2.37. The summed E-state index contributed by atoms with van der Waals surface area (Å²) in [5, 5.41) is -0.466. The highest BCUT2D eigenvalue weighted by Crippen LogP contribution is 2.26. The highest BCUT2D eigenvalue weighted by Gasteiger charge is 2.34. The van der Waals surface area contributed by atoms with E-state index in [1.165, 1.54) is 0 Å². The van der Waals surface area contributed by atoms with Crippen molar-refractivity contribution in [2.24, 2.45) is 5.92 Å². The number of sulfonamides is 1. The summed E-state index contributed by atoms with van der Waals surface area (Å²) in [4.78, 5) is 0. The third-order valence-corrected chi connectivity index (χ3v) is 7.70. The van der Waals surface area contributed by atoms with Crippen LogP contribution in [-0.2, 0) is 23.1 Å². The molecular formula is C24H33NO4S.